The van der Waals surface area contributed by atoms with E-state index in [1.165, 1.54) is 5.06 Å². The number of methoxy groups -OCH3 is 3. The van der Waals surface area contributed by atoms with E-state index in [4.69, 9.17) is 38.0 Å². The van der Waals surface area contributed by atoms with Crippen molar-refractivity contribution in [3.05, 3.63) is 83.4 Å². The first kappa shape index (κ1) is 35.8. The maximum absolute atomic E-state index is 12.4. The van der Waals surface area contributed by atoms with Gasteiger partial charge >= 0.3 is 6.16 Å². The van der Waals surface area contributed by atoms with Gasteiger partial charge in [-0.05, 0) is 61.7 Å². The maximum atomic E-state index is 12.4. The number of carbonyl (C=O) groups excluding carboxylic acids is 1. The normalized spacial score (nSPS) is 18.3. The molecule has 11 heteroatoms. The van der Waals surface area contributed by atoms with Crippen LogP contribution in [0.1, 0.15) is 49.8 Å². The smallest absolute Gasteiger partial charge is 0.494 e. The third-order valence-electron chi connectivity index (χ3n) is 7.45. The molecule has 3 aromatic rings. The van der Waals surface area contributed by atoms with E-state index < -0.39 is 29.9 Å². The molecule has 256 valence electrons. The van der Waals surface area contributed by atoms with Crippen molar-refractivity contribution in [3.63, 3.8) is 0 Å². The number of rotatable bonds is 15. The van der Waals surface area contributed by atoms with Gasteiger partial charge in [0.05, 0.1) is 73.1 Å². The fourth-order valence-electron chi connectivity index (χ4n) is 5.32. The zero-order chi connectivity index (χ0) is 33.8. The van der Waals surface area contributed by atoms with Gasteiger partial charge in [-0.3, -0.25) is 0 Å². The number of nitrogens with zero attached hydrogens (tertiary/aromatic N) is 1. The second-order valence-corrected chi connectivity index (χ2v) is 12.2. The number of β-amino-alcohol motifs (C(OH)–C–C–N with tert-alkyl or cyclic N) is 1. The lowest BCUT2D eigenvalue weighted by molar-refractivity contribution is -0.201. The van der Waals surface area contributed by atoms with Crippen LogP contribution < -0.4 is 18.9 Å². The molecule has 0 saturated carbocycles. The van der Waals surface area contributed by atoms with E-state index in [0.717, 1.165) is 23.1 Å². The molecule has 0 aliphatic carbocycles. The van der Waals surface area contributed by atoms with Gasteiger partial charge in [-0.2, -0.15) is 0 Å². The molecule has 0 bridgehead atoms. The van der Waals surface area contributed by atoms with Crippen LogP contribution >= 0.6 is 0 Å². The Morgan fingerprint density at radius 3 is 2.15 bits per heavy atom. The first-order valence-electron chi connectivity index (χ1n) is 15.7. The molecule has 0 spiro atoms. The minimum absolute atomic E-state index is 0.0786. The van der Waals surface area contributed by atoms with Gasteiger partial charge in [0.1, 0.15) is 11.4 Å². The Balaban J connectivity index is 1.42. The number of hydrogen-bond donors (Lipinski definition) is 1. The molecule has 47 heavy (non-hydrogen) atoms. The number of carbonyl (C=O) groups is 1. The molecule has 1 fully saturated rings. The lowest BCUT2D eigenvalue weighted by Crippen LogP contribution is -2.52. The monoisotopic (exact) mass is 653 g/mol. The van der Waals surface area contributed by atoms with Crippen molar-refractivity contribution in [2.45, 2.75) is 64.1 Å². The highest BCUT2D eigenvalue weighted by Crippen LogP contribution is 2.39. The standard InChI is InChI=1S/C36H47NO10/c1-36(2,3)46-35(39)47-37-21-29(38)33(32(22-37)45-24-26-19-30(40-4)34(42-6)31(20-26)41-5)27-13-15-28(16-14-27)44-18-10-17-43-23-25-11-8-7-9-12-25/h7-9,11-16,19-20,29,32-33,38H,10,17-18,21-24H2,1-6H3. The van der Waals surface area contributed by atoms with Crippen molar-refractivity contribution in [1.29, 1.82) is 0 Å². The predicted molar refractivity (Wildman–Crippen MR) is 175 cm³/mol. The Morgan fingerprint density at radius 1 is 0.851 bits per heavy atom. The number of piperidine rings is 1. The molecule has 3 unspecified atom stereocenters. The first-order chi connectivity index (χ1) is 22.6. The largest absolute Gasteiger partial charge is 0.528 e. The Labute approximate surface area is 277 Å². The van der Waals surface area contributed by atoms with Crippen LogP contribution in [-0.2, 0) is 32.3 Å². The summed E-state index contributed by atoms with van der Waals surface area (Å²) < 4.78 is 39.9. The molecule has 0 radical (unpaired) electrons. The quantitative estimate of drug-likeness (QED) is 0.156. The van der Waals surface area contributed by atoms with Crippen molar-refractivity contribution in [2.75, 3.05) is 47.6 Å². The summed E-state index contributed by atoms with van der Waals surface area (Å²) in [5.74, 6) is 1.77. The third-order valence-corrected chi connectivity index (χ3v) is 7.45. The van der Waals surface area contributed by atoms with Crippen molar-refractivity contribution in [1.82, 2.24) is 5.06 Å². The minimum atomic E-state index is -0.912. The summed E-state index contributed by atoms with van der Waals surface area (Å²) in [5.41, 5.74) is 2.05. The number of ether oxygens (including phenoxy) is 7. The summed E-state index contributed by atoms with van der Waals surface area (Å²) >= 11 is 0. The van der Waals surface area contributed by atoms with Gasteiger partial charge in [-0.15, -0.1) is 5.06 Å². The molecule has 4 rings (SSSR count). The van der Waals surface area contributed by atoms with E-state index in [1.807, 2.05) is 66.7 Å². The van der Waals surface area contributed by atoms with Crippen molar-refractivity contribution in [3.8, 4) is 23.0 Å². The second-order valence-electron chi connectivity index (χ2n) is 12.2. The summed E-state index contributed by atoms with van der Waals surface area (Å²) in [6.07, 6.45) is -1.57. The van der Waals surface area contributed by atoms with Crippen LogP contribution in [0, 0.1) is 0 Å². The SMILES string of the molecule is COc1cc(COC2CN(OC(=O)OC(C)(C)C)CC(O)C2c2ccc(OCCCOCc3ccccc3)cc2)cc(OC)c1OC. The fraction of sp³-hybridized carbons (Fsp3) is 0.472. The van der Waals surface area contributed by atoms with Gasteiger partial charge < -0.3 is 43.1 Å². The Bertz CT molecular complexity index is 1370. The van der Waals surface area contributed by atoms with Gasteiger partial charge in [0.2, 0.25) is 5.75 Å². The number of hydrogen-bond acceptors (Lipinski definition) is 11. The van der Waals surface area contributed by atoms with E-state index in [0.29, 0.717) is 42.8 Å². The van der Waals surface area contributed by atoms with Crippen LogP contribution in [0.15, 0.2) is 66.7 Å². The summed E-state index contributed by atoms with van der Waals surface area (Å²) in [4.78, 5) is 17.9. The highest BCUT2D eigenvalue weighted by atomic mass is 16.8. The molecule has 1 N–H and O–H groups in total. The van der Waals surface area contributed by atoms with E-state index in [-0.39, 0.29) is 19.7 Å². The topological polar surface area (TPSA) is 114 Å². The zero-order valence-electron chi connectivity index (χ0n) is 28.1. The van der Waals surface area contributed by atoms with E-state index in [2.05, 4.69) is 0 Å². The average molecular weight is 654 g/mol. The molecule has 3 aromatic carbocycles. The van der Waals surface area contributed by atoms with Crippen molar-refractivity contribution in [2.24, 2.45) is 0 Å². The second kappa shape index (κ2) is 17.2. The zero-order valence-corrected chi connectivity index (χ0v) is 28.1. The molecular formula is C36H47NO10. The molecule has 0 aromatic heterocycles. The Kier molecular flexibility index (Phi) is 13.1. The van der Waals surface area contributed by atoms with Gasteiger partial charge in [0.25, 0.3) is 0 Å². The average Bonchev–Trinajstić information content (AvgIpc) is 3.04. The predicted octanol–water partition coefficient (Wildman–Crippen LogP) is 5.91. The summed E-state index contributed by atoms with van der Waals surface area (Å²) in [5, 5.41) is 12.7. The molecule has 1 aliphatic heterocycles. The molecule has 1 saturated heterocycles. The van der Waals surface area contributed by atoms with Crippen LogP contribution in [0.2, 0.25) is 0 Å². The number of aliphatic hydroxyl groups is 1. The van der Waals surface area contributed by atoms with Crippen molar-refractivity contribution < 1.29 is 47.9 Å². The van der Waals surface area contributed by atoms with Crippen LogP contribution in [0.3, 0.4) is 0 Å². The van der Waals surface area contributed by atoms with Crippen LogP contribution in [0.25, 0.3) is 0 Å². The Hall–Kier alpha value is -4.03. The van der Waals surface area contributed by atoms with Crippen LogP contribution in [-0.4, -0.2) is 81.8 Å². The van der Waals surface area contributed by atoms with E-state index in [1.54, 1.807) is 42.1 Å². The molecule has 0 amide bonds. The van der Waals surface area contributed by atoms with Crippen LogP contribution in [0.5, 0.6) is 23.0 Å². The highest BCUT2D eigenvalue weighted by molar-refractivity contribution is 5.60. The molecule has 11 nitrogen and oxygen atoms in total. The fourth-order valence-corrected chi connectivity index (χ4v) is 5.32. The minimum Gasteiger partial charge on any atom is -0.494 e. The van der Waals surface area contributed by atoms with E-state index in [9.17, 15) is 9.90 Å². The van der Waals surface area contributed by atoms with Gasteiger partial charge in [0, 0.05) is 12.3 Å². The lowest BCUT2D eigenvalue weighted by atomic mass is 9.85. The summed E-state index contributed by atoms with van der Waals surface area (Å²) in [6, 6.07) is 21.3. The van der Waals surface area contributed by atoms with Gasteiger partial charge in [0.15, 0.2) is 11.5 Å². The summed E-state index contributed by atoms with van der Waals surface area (Å²) in [6.45, 7) is 7.39. The Morgan fingerprint density at radius 2 is 1.53 bits per heavy atom. The number of hydroxylamine groups is 2. The van der Waals surface area contributed by atoms with E-state index >= 15 is 0 Å². The molecular weight excluding hydrogens is 606 g/mol. The van der Waals surface area contributed by atoms with Gasteiger partial charge in [-0.25, -0.2) is 4.79 Å². The lowest BCUT2D eigenvalue weighted by Gasteiger charge is -2.40. The number of benzene rings is 3. The highest BCUT2D eigenvalue weighted by Gasteiger charge is 2.40. The maximum Gasteiger partial charge on any atom is 0.528 e. The number of aliphatic hydroxyl groups excluding tert-OH is 1. The molecule has 1 aliphatic rings. The molecule has 1 heterocycles. The summed E-state index contributed by atoms with van der Waals surface area (Å²) in [7, 11) is 4.64. The molecule has 3 atom stereocenters. The van der Waals surface area contributed by atoms with Crippen molar-refractivity contribution >= 4 is 6.16 Å². The van der Waals surface area contributed by atoms with Crippen LogP contribution in [0.4, 0.5) is 4.79 Å². The third kappa shape index (κ3) is 10.8. The first-order valence-corrected chi connectivity index (χ1v) is 15.7. The van der Waals surface area contributed by atoms with Gasteiger partial charge in [-0.1, -0.05) is 42.5 Å².